The standard InChI is InChI=1S/C30H24N10O4/c31-27(41)19-8-2-12-23(35-19)39(24-13-3-9-20(36-24)28(32)42)17-6-1-7-18(16-17)40(25-14-4-10-21(37-25)29(33)43)26-15-5-11-22(38-26)30(34)44/h1-16H,(H2,31,41)(H2,32,42)(H2,33,43)(H2,34,44). The van der Waals surface area contributed by atoms with Crippen molar-refractivity contribution in [3.63, 3.8) is 0 Å². The van der Waals surface area contributed by atoms with Crippen molar-refractivity contribution >= 4 is 58.3 Å². The number of aromatic nitrogens is 4. The normalized spacial score (nSPS) is 10.5. The minimum absolute atomic E-state index is 0.00345. The van der Waals surface area contributed by atoms with E-state index in [0.29, 0.717) is 11.4 Å². The molecule has 0 unspecified atom stereocenters. The van der Waals surface area contributed by atoms with Crippen molar-refractivity contribution in [2.75, 3.05) is 9.80 Å². The maximum absolute atomic E-state index is 12.0. The molecule has 4 amide bonds. The number of hydrogen-bond acceptors (Lipinski definition) is 10. The average molecular weight is 589 g/mol. The highest BCUT2D eigenvalue weighted by molar-refractivity contribution is 5.94. The smallest absolute Gasteiger partial charge is 0.267 e. The Labute approximate surface area is 250 Å². The molecule has 8 N–H and O–H groups in total. The number of nitrogens with zero attached hydrogens (tertiary/aromatic N) is 6. The highest BCUT2D eigenvalue weighted by atomic mass is 16.2. The Bertz CT molecular complexity index is 1680. The van der Waals surface area contributed by atoms with Crippen LogP contribution in [0.25, 0.3) is 0 Å². The maximum atomic E-state index is 12.0. The largest absolute Gasteiger partial charge is 0.364 e. The average Bonchev–Trinajstić information content (AvgIpc) is 3.02. The Balaban J connectivity index is 1.73. The van der Waals surface area contributed by atoms with E-state index in [-0.39, 0.29) is 46.0 Å². The lowest BCUT2D eigenvalue weighted by Gasteiger charge is -2.27. The number of carbonyl (C=O) groups is 4. The van der Waals surface area contributed by atoms with Crippen molar-refractivity contribution < 1.29 is 19.2 Å². The van der Waals surface area contributed by atoms with Gasteiger partial charge in [0, 0.05) is 0 Å². The topological polar surface area (TPSA) is 230 Å². The van der Waals surface area contributed by atoms with Gasteiger partial charge in [0.25, 0.3) is 23.6 Å². The Morgan fingerprint density at radius 1 is 0.409 bits per heavy atom. The van der Waals surface area contributed by atoms with E-state index in [1.165, 1.54) is 24.3 Å². The summed E-state index contributed by atoms with van der Waals surface area (Å²) in [7, 11) is 0. The molecule has 0 bridgehead atoms. The van der Waals surface area contributed by atoms with Gasteiger partial charge in [-0.25, -0.2) is 19.9 Å². The fraction of sp³-hybridized carbons (Fsp3) is 0. The maximum Gasteiger partial charge on any atom is 0.267 e. The van der Waals surface area contributed by atoms with E-state index in [4.69, 9.17) is 22.9 Å². The van der Waals surface area contributed by atoms with E-state index in [2.05, 4.69) is 19.9 Å². The summed E-state index contributed by atoms with van der Waals surface area (Å²) in [6, 6.07) is 25.7. The summed E-state index contributed by atoms with van der Waals surface area (Å²) < 4.78 is 0. The minimum atomic E-state index is -0.744. The molecule has 44 heavy (non-hydrogen) atoms. The second kappa shape index (κ2) is 12.0. The van der Waals surface area contributed by atoms with E-state index in [0.717, 1.165) is 0 Å². The van der Waals surface area contributed by atoms with Crippen LogP contribution in [0.5, 0.6) is 0 Å². The monoisotopic (exact) mass is 588 g/mol. The molecule has 14 heteroatoms. The molecule has 1 aromatic carbocycles. The molecule has 0 fully saturated rings. The second-order valence-corrected chi connectivity index (χ2v) is 9.17. The molecule has 0 atom stereocenters. The number of benzene rings is 1. The van der Waals surface area contributed by atoms with Crippen LogP contribution in [0.3, 0.4) is 0 Å². The molecule has 4 heterocycles. The third kappa shape index (κ3) is 5.99. The van der Waals surface area contributed by atoms with Crippen LogP contribution in [-0.4, -0.2) is 43.6 Å². The number of nitrogens with two attached hydrogens (primary N) is 4. The Kier molecular flexibility index (Phi) is 7.88. The van der Waals surface area contributed by atoms with Crippen molar-refractivity contribution in [1.82, 2.24) is 19.9 Å². The molecule has 0 saturated heterocycles. The molecule has 218 valence electrons. The lowest BCUT2D eigenvalue weighted by Crippen LogP contribution is -2.21. The lowest BCUT2D eigenvalue weighted by molar-refractivity contribution is 0.0987. The van der Waals surface area contributed by atoms with Crippen LogP contribution in [0.2, 0.25) is 0 Å². The number of anilines is 6. The van der Waals surface area contributed by atoms with Gasteiger partial charge in [0.2, 0.25) is 0 Å². The predicted octanol–water partition coefficient (Wildman–Crippen LogP) is 2.60. The fourth-order valence-corrected chi connectivity index (χ4v) is 4.28. The van der Waals surface area contributed by atoms with Gasteiger partial charge in [0.1, 0.15) is 46.0 Å². The number of amides is 4. The lowest BCUT2D eigenvalue weighted by atomic mass is 10.2. The first kappa shape index (κ1) is 28.8. The third-order valence-electron chi connectivity index (χ3n) is 6.21. The molecule has 0 aliphatic rings. The molecule has 4 aromatic heterocycles. The van der Waals surface area contributed by atoms with Crippen molar-refractivity contribution in [2.45, 2.75) is 0 Å². The molecule has 0 spiro atoms. The highest BCUT2D eigenvalue weighted by Crippen LogP contribution is 2.38. The number of rotatable bonds is 10. The first-order valence-electron chi connectivity index (χ1n) is 12.9. The molecule has 0 saturated carbocycles. The van der Waals surface area contributed by atoms with E-state index in [9.17, 15) is 19.2 Å². The van der Waals surface area contributed by atoms with Crippen molar-refractivity contribution in [3.8, 4) is 0 Å². The molecule has 0 aliphatic carbocycles. The zero-order valence-corrected chi connectivity index (χ0v) is 22.9. The summed E-state index contributed by atoms with van der Waals surface area (Å²) in [6.45, 7) is 0. The van der Waals surface area contributed by atoms with Crippen LogP contribution in [0.1, 0.15) is 42.0 Å². The number of carbonyl (C=O) groups excluding carboxylic acids is 4. The molecule has 0 radical (unpaired) electrons. The van der Waals surface area contributed by atoms with E-state index in [1.54, 1.807) is 82.6 Å². The first-order valence-corrected chi connectivity index (χ1v) is 12.9. The highest BCUT2D eigenvalue weighted by Gasteiger charge is 2.22. The fourth-order valence-electron chi connectivity index (χ4n) is 4.28. The third-order valence-corrected chi connectivity index (χ3v) is 6.21. The first-order chi connectivity index (χ1) is 21.1. The van der Waals surface area contributed by atoms with Gasteiger partial charge in [-0.3, -0.25) is 29.0 Å². The number of hydrogen-bond donors (Lipinski definition) is 4. The molecule has 5 rings (SSSR count). The van der Waals surface area contributed by atoms with Crippen molar-refractivity contribution in [3.05, 3.63) is 120 Å². The van der Waals surface area contributed by atoms with Crippen LogP contribution in [0, 0.1) is 0 Å². The summed E-state index contributed by atoms with van der Waals surface area (Å²) in [6.07, 6.45) is 0. The van der Waals surface area contributed by atoms with Gasteiger partial charge in [-0.05, 0) is 66.7 Å². The second-order valence-electron chi connectivity index (χ2n) is 9.17. The summed E-state index contributed by atoms with van der Waals surface area (Å²) in [4.78, 5) is 68.7. The molecule has 0 aliphatic heterocycles. The van der Waals surface area contributed by atoms with Crippen LogP contribution in [-0.2, 0) is 0 Å². The van der Waals surface area contributed by atoms with E-state index >= 15 is 0 Å². The molecule has 14 nitrogen and oxygen atoms in total. The summed E-state index contributed by atoms with van der Waals surface area (Å²) in [5.41, 5.74) is 22.9. The number of pyridine rings is 4. The Morgan fingerprint density at radius 3 is 0.909 bits per heavy atom. The van der Waals surface area contributed by atoms with Gasteiger partial charge in [0.05, 0.1) is 11.4 Å². The van der Waals surface area contributed by atoms with Gasteiger partial charge in [-0.1, -0.05) is 30.3 Å². The molecule has 5 aromatic rings. The van der Waals surface area contributed by atoms with E-state index < -0.39 is 23.6 Å². The zero-order chi connectivity index (χ0) is 31.4. The minimum Gasteiger partial charge on any atom is -0.364 e. The van der Waals surface area contributed by atoms with Gasteiger partial charge in [-0.15, -0.1) is 0 Å². The molecular weight excluding hydrogens is 564 g/mol. The van der Waals surface area contributed by atoms with Crippen LogP contribution >= 0.6 is 0 Å². The predicted molar refractivity (Wildman–Crippen MR) is 161 cm³/mol. The van der Waals surface area contributed by atoms with E-state index in [1.807, 2.05) is 0 Å². The van der Waals surface area contributed by atoms with Gasteiger partial charge >= 0.3 is 0 Å². The Morgan fingerprint density at radius 2 is 0.659 bits per heavy atom. The zero-order valence-electron chi connectivity index (χ0n) is 22.9. The van der Waals surface area contributed by atoms with Gasteiger partial charge in [0.15, 0.2) is 0 Å². The quantitative estimate of drug-likeness (QED) is 0.186. The summed E-state index contributed by atoms with van der Waals surface area (Å²) in [5, 5.41) is 0. The van der Waals surface area contributed by atoms with Crippen LogP contribution in [0.4, 0.5) is 34.6 Å². The summed E-state index contributed by atoms with van der Waals surface area (Å²) in [5.74, 6) is -1.97. The van der Waals surface area contributed by atoms with Crippen molar-refractivity contribution in [2.24, 2.45) is 22.9 Å². The van der Waals surface area contributed by atoms with Crippen molar-refractivity contribution in [1.29, 1.82) is 0 Å². The SMILES string of the molecule is NC(=O)c1cccc(N(c2cccc(N(c3cccc(C(N)=O)n3)c3cccc(C(N)=O)n3)c2)c2cccc(C(N)=O)n2)n1. The summed E-state index contributed by atoms with van der Waals surface area (Å²) >= 11 is 0. The number of primary amides is 4. The van der Waals surface area contributed by atoms with Crippen LogP contribution < -0.4 is 32.7 Å². The van der Waals surface area contributed by atoms with Gasteiger partial charge in [-0.2, -0.15) is 0 Å². The van der Waals surface area contributed by atoms with Gasteiger partial charge < -0.3 is 22.9 Å². The van der Waals surface area contributed by atoms with Crippen LogP contribution in [0.15, 0.2) is 97.1 Å². The molecular formula is C30H24N10O4. The Hall–Kier alpha value is -6.70.